The molecule has 5 aromatic carbocycles. The number of hydrogen-bond acceptors (Lipinski definition) is 2. The Morgan fingerprint density at radius 3 is 1.58 bits per heavy atom. The minimum Gasteiger partial charge on any atom is -0.481 e. The Hall–Kier alpha value is -4.44. The van der Waals surface area contributed by atoms with Crippen molar-refractivity contribution in [2.24, 2.45) is 5.10 Å². The van der Waals surface area contributed by atoms with Crippen molar-refractivity contribution in [1.29, 1.82) is 0 Å². The number of rotatable bonds is 2. The topological polar surface area (TPSA) is 54.6 Å². The normalized spacial score (nSPS) is 11.3. The molecule has 0 saturated carbocycles. The standard InChI is InChI=1S/C27H18N2.C2H4O2/c1-3-11-21-19(9-1)17-20-10-2-4-12-22(20)25(21)18-28-29-26-15-7-5-13-23(26)24-14-6-8-16-27(24)29;1-2(3)4/h1-18H;1H3,(H,3,4)/b28-18+;. The van der Waals surface area contributed by atoms with Crippen molar-refractivity contribution in [2.45, 2.75) is 6.92 Å². The average Bonchev–Trinajstić information content (AvgIpc) is 3.15. The third kappa shape index (κ3) is 3.83. The predicted molar refractivity (Wildman–Crippen MR) is 137 cm³/mol. The van der Waals surface area contributed by atoms with Gasteiger partial charge in [0.25, 0.3) is 5.97 Å². The SMILES string of the molecule is C(=N\n1c2ccccc2c2ccccc21)/c1c2ccccc2cc2ccccc12.CC(=O)O. The molecule has 0 aliphatic rings. The number of fused-ring (bicyclic) bond motifs is 5. The second-order valence-corrected chi connectivity index (χ2v) is 7.84. The first-order valence-corrected chi connectivity index (χ1v) is 10.8. The van der Waals surface area contributed by atoms with Gasteiger partial charge < -0.3 is 5.11 Å². The monoisotopic (exact) mass is 430 g/mol. The lowest BCUT2D eigenvalue weighted by Gasteiger charge is -2.08. The molecule has 0 bridgehead atoms. The van der Waals surface area contributed by atoms with E-state index >= 15 is 0 Å². The van der Waals surface area contributed by atoms with Crippen LogP contribution in [0.15, 0.2) is 108 Å². The van der Waals surface area contributed by atoms with E-state index < -0.39 is 5.97 Å². The summed E-state index contributed by atoms with van der Waals surface area (Å²) in [4.78, 5) is 9.00. The molecule has 0 unspecified atom stereocenters. The highest BCUT2D eigenvalue weighted by atomic mass is 16.4. The number of carboxylic acids is 1. The van der Waals surface area contributed by atoms with E-state index in [1.807, 2.05) is 6.21 Å². The van der Waals surface area contributed by atoms with Gasteiger partial charge in [0, 0.05) is 23.3 Å². The van der Waals surface area contributed by atoms with Crippen molar-refractivity contribution in [3.8, 4) is 0 Å². The lowest BCUT2D eigenvalue weighted by molar-refractivity contribution is -0.134. The summed E-state index contributed by atoms with van der Waals surface area (Å²) in [6.45, 7) is 1.08. The van der Waals surface area contributed by atoms with Crippen LogP contribution in [-0.4, -0.2) is 22.0 Å². The van der Waals surface area contributed by atoms with E-state index in [0.29, 0.717) is 0 Å². The summed E-state index contributed by atoms with van der Waals surface area (Å²) in [5, 5.41) is 19.8. The van der Waals surface area contributed by atoms with Gasteiger partial charge in [-0.05, 0) is 39.7 Å². The fourth-order valence-corrected chi connectivity index (χ4v) is 4.33. The number of aliphatic carboxylic acids is 1. The summed E-state index contributed by atoms with van der Waals surface area (Å²) in [5.74, 6) is -0.833. The van der Waals surface area contributed by atoms with Crippen LogP contribution in [0, 0.1) is 0 Å². The summed E-state index contributed by atoms with van der Waals surface area (Å²) in [7, 11) is 0. The molecule has 0 atom stereocenters. The van der Waals surface area contributed by atoms with E-state index in [4.69, 9.17) is 15.0 Å². The summed E-state index contributed by atoms with van der Waals surface area (Å²) < 4.78 is 2.06. The second kappa shape index (κ2) is 8.60. The molecule has 4 nitrogen and oxygen atoms in total. The van der Waals surface area contributed by atoms with Crippen LogP contribution in [0.2, 0.25) is 0 Å². The van der Waals surface area contributed by atoms with Gasteiger partial charge in [-0.1, -0.05) is 84.9 Å². The van der Waals surface area contributed by atoms with Gasteiger partial charge in [-0.2, -0.15) is 5.10 Å². The number of para-hydroxylation sites is 2. The number of nitrogens with zero attached hydrogens (tertiary/aromatic N) is 2. The van der Waals surface area contributed by atoms with Gasteiger partial charge in [-0.25, -0.2) is 4.68 Å². The lowest BCUT2D eigenvalue weighted by atomic mass is 9.97. The molecule has 0 radical (unpaired) electrons. The van der Waals surface area contributed by atoms with Crippen LogP contribution in [-0.2, 0) is 4.79 Å². The molecule has 0 saturated heterocycles. The van der Waals surface area contributed by atoms with Gasteiger partial charge >= 0.3 is 0 Å². The van der Waals surface area contributed by atoms with Gasteiger partial charge in [-0.15, -0.1) is 0 Å². The first-order valence-electron chi connectivity index (χ1n) is 10.8. The molecule has 0 spiro atoms. The van der Waals surface area contributed by atoms with E-state index in [2.05, 4.69) is 108 Å². The Balaban J connectivity index is 0.000000531. The van der Waals surface area contributed by atoms with Crippen LogP contribution in [0.4, 0.5) is 0 Å². The number of benzene rings is 5. The first-order chi connectivity index (χ1) is 16.1. The highest BCUT2D eigenvalue weighted by Gasteiger charge is 2.10. The van der Waals surface area contributed by atoms with Gasteiger partial charge in [0.1, 0.15) is 0 Å². The minimum absolute atomic E-state index is 0.833. The van der Waals surface area contributed by atoms with Gasteiger partial charge in [-0.3, -0.25) is 4.79 Å². The molecular weight excluding hydrogens is 408 g/mol. The van der Waals surface area contributed by atoms with Crippen LogP contribution in [0.3, 0.4) is 0 Å². The van der Waals surface area contributed by atoms with E-state index in [1.165, 1.54) is 32.3 Å². The summed E-state index contributed by atoms with van der Waals surface area (Å²) >= 11 is 0. The number of aromatic nitrogens is 1. The largest absolute Gasteiger partial charge is 0.481 e. The zero-order chi connectivity index (χ0) is 22.8. The quantitative estimate of drug-likeness (QED) is 0.236. The third-order valence-electron chi connectivity index (χ3n) is 5.67. The fourth-order valence-electron chi connectivity index (χ4n) is 4.33. The van der Waals surface area contributed by atoms with Gasteiger partial charge in [0.2, 0.25) is 0 Å². The van der Waals surface area contributed by atoms with Crippen LogP contribution in [0.25, 0.3) is 43.4 Å². The Bertz CT molecular complexity index is 1550. The molecule has 160 valence electrons. The van der Waals surface area contributed by atoms with Crippen LogP contribution < -0.4 is 0 Å². The average molecular weight is 431 g/mol. The molecule has 0 fully saturated rings. The summed E-state index contributed by atoms with van der Waals surface area (Å²) in [6, 6.07) is 36.2. The molecule has 0 amide bonds. The zero-order valence-corrected chi connectivity index (χ0v) is 18.1. The minimum atomic E-state index is -0.833. The fraction of sp³-hybridized carbons (Fsp3) is 0.0345. The van der Waals surface area contributed by atoms with E-state index in [-0.39, 0.29) is 0 Å². The lowest BCUT2D eigenvalue weighted by Crippen LogP contribution is -1.93. The first kappa shape index (κ1) is 20.5. The molecule has 33 heavy (non-hydrogen) atoms. The third-order valence-corrected chi connectivity index (χ3v) is 5.67. The molecule has 1 aromatic heterocycles. The Morgan fingerprint density at radius 1 is 0.697 bits per heavy atom. The van der Waals surface area contributed by atoms with E-state index in [1.54, 1.807) is 0 Å². The zero-order valence-electron chi connectivity index (χ0n) is 18.1. The maximum atomic E-state index is 9.00. The van der Waals surface area contributed by atoms with Crippen LogP contribution >= 0.6 is 0 Å². The van der Waals surface area contributed by atoms with Crippen molar-refractivity contribution >= 4 is 55.5 Å². The number of carbonyl (C=O) groups is 1. The number of carboxylic acid groups (broad SMARTS) is 1. The van der Waals surface area contributed by atoms with Gasteiger partial charge in [0.15, 0.2) is 0 Å². The Labute approximate surface area is 191 Å². The molecule has 6 rings (SSSR count). The maximum Gasteiger partial charge on any atom is 0.300 e. The molecule has 0 aliphatic carbocycles. The smallest absolute Gasteiger partial charge is 0.300 e. The molecule has 1 heterocycles. The highest BCUT2D eigenvalue weighted by molar-refractivity contribution is 6.14. The molecule has 1 N–H and O–H groups in total. The van der Waals surface area contributed by atoms with Crippen LogP contribution in [0.1, 0.15) is 12.5 Å². The Morgan fingerprint density at radius 2 is 1.09 bits per heavy atom. The van der Waals surface area contributed by atoms with Crippen molar-refractivity contribution in [3.63, 3.8) is 0 Å². The highest BCUT2D eigenvalue weighted by Crippen LogP contribution is 2.30. The molecular formula is C29H22N2O2. The second-order valence-electron chi connectivity index (χ2n) is 7.84. The van der Waals surface area contributed by atoms with E-state index in [0.717, 1.165) is 23.5 Å². The van der Waals surface area contributed by atoms with Crippen LogP contribution in [0.5, 0.6) is 0 Å². The predicted octanol–water partition coefficient (Wildman–Crippen LogP) is 7.07. The van der Waals surface area contributed by atoms with Crippen molar-refractivity contribution < 1.29 is 9.90 Å². The number of hydrogen-bond donors (Lipinski definition) is 1. The van der Waals surface area contributed by atoms with E-state index in [9.17, 15) is 0 Å². The Kier molecular flexibility index (Phi) is 5.33. The summed E-state index contributed by atoms with van der Waals surface area (Å²) in [6.07, 6.45) is 2.02. The van der Waals surface area contributed by atoms with Gasteiger partial charge in [0.05, 0.1) is 17.2 Å². The maximum absolute atomic E-state index is 9.00. The molecule has 6 aromatic rings. The van der Waals surface area contributed by atoms with Crippen molar-refractivity contribution in [3.05, 3.63) is 109 Å². The molecule has 0 aliphatic heterocycles. The molecule has 4 heteroatoms. The van der Waals surface area contributed by atoms with Crippen molar-refractivity contribution in [2.75, 3.05) is 0 Å². The van der Waals surface area contributed by atoms with Crippen molar-refractivity contribution in [1.82, 2.24) is 4.68 Å². The summed E-state index contributed by atoms with van der Waals surface area (Å²) in [5.41, 5.74) is 3.39.